The highest BCUT2D eigenvalue weighted by molar-refractivity contribution is 7.99. The lowest BCUT2D eigenvalue weighted by Gasteiger charge is -2.26. The van der Waals surface area contributed by atoms with E-state index in [0.717, 1.165) is 48.9 Å². The number of rotatable bonds is 6. The number of nitrogens with zero attached hydrogens (tertiary/aromatic N) is 3. The number of piperidine rings is 1. The smallest absolute Gasteiger partial charge is 0.233 e. The van der Waals surface area contributed by atoms with Crippen LogP contribution in [0, 0.1) is 6.92 Å². The lowest BCUT2D eigenvalue weighted by atomic mass is 10.1. The molecule has 0 aliphatic carbocycles. The summed E-state index contributed by atoms with van der Waals surface area (Å²) in [5, 5.41) is 0.898. The van der Waals surface area contributed by atoms with Crippen molar-refractivity contribution in [3.05, 3.63) is 71.9 Å². The van der Waals surface area contributed by atoms with E-state index < -0.39 is 0 Å². The van der Waals surface area contributed by atoms with E-state index in [0.29, 0.717) is 5.75 Å². The van der Waals surface area contributed by atoms with Gasteiger partial charge in [0.05, 0.1) is 24.2 Å². The molecule has 0 bridgehead atoms. The van der Waals surface area contributed by atoms with Crippen LogP contribution in [-0.2, 0) is 11.3 Å². The second-order valence-electron chi connectivity index (χ2n) is 7.59. The molecule has 1 aromatic heterocycles. The van der Waals surface area contributed by atoms with E-state index in [-0.39, 0.29) is 5.91 Å². The fourth-order valence-electron chi connectivity index (χ4n) is 3.71. The first-order valence-corrected chi connectivity index (χ1v) is 11.3. The topological polar surface area (TPSA) is 38.1 Å². The predicted octanol–water partition coefficient (Wildman–Crippen LogP) is 5.01. The summed E-state index contributed by atoms with van der Waals surface area (Å²) >= 11 is 1.55. The fourth-order valence-corrected chi connectivity index (χ4v) is 4.59. The van der Waals surface area contributed by atoms with E-state index in [4.69, 9.17) is 0 Å². The molecule has 0 saturated carbocycles. The third kappa shape index (κ3) is 4.91. The Bertz CT molecular complexity index is 944. The Hall–Kier alpha value is -2.53. The van der Waals surface area contributed by atoms with E-state index in [2.05, 4.69) is 65.0 Å². The number of aromatic nitrogens is 2. The molecule has 0 spiro atoms. The van der Waals surface area contributed by atoms with E-state index in [1.54, 1.807) is 11.8 Å². The molecule has 0 N–H and O–H groups in total. The molecule has 5 heteroatoms. The van der Waals surface area contributed by atoms with Crippen molar-refractivity contribution in [2.75, 3.05) is 18.8 Å². The van der Waals surface area contributed by atoms with Crippen molar-refractivity contribution in [1.82, 2.24) is 14.5 Å². The number of carbonyl (C=O) groups excluding carboxylic acids is 1. The average molecular weight is 406 g/mol. The summed E-state index contributed by atoms with van der Waals surface area (Å²) in [5.74, 6) is 0.667. The average Bonchev–Trinajstić information content (AvgIpc) is 3.16. The lowest BCUT2D eigenvalue weighted by molar-refractivity contribution is -0.129. The molecule has 4 nitrogen and oxygen atoms in total. The van der Waals surface area contributed by atoms with Crippen LogP contribution in [-0.4, -0.2) is 39.2 Å². The first-order valence-electron chi connectivity index (χ1n) is 10.3. The number of hydrogen-bond donors (Lipinski definition) is 0. The minimum absolute atomic E-state index is 0.223. The van der Waals surface area contributed by atoms with E-state index in [9.17, 15) is 4.79 Å². The van der Waals surface area contributed by atoms with E-state index >= 15 is 0 Å². The number of imidazole rings is 1. The Morgan fingerprint density at radius 2 is 1.72 bits per heavy atom. The van der Waals surface area contributed by atoms with Gasteiger partial charge in [-0.15, -0.1) is 0 Å². The molecule has 4 rings (SSSR count). The Morgan fingerprint density at radius 3 is 2.45 bits per heavy atom. The van der Waals surface area contributed by atoms with Crippen LogP contribution in [0.2, 0.25) is 0 Å². The number of hydrogen-bond acceptors (Lipinski definition) is 3. The van der Waals surface area contributed by atoms with Crippen molar-refractivity contribution in [1.29, 1.82) is 0 Å². The maximum Gasteiger partial charge on any atom is 0.233 e. The van der Waals surface area contributed by atoms with Gasteiger partial charge in [-0.2, -0.15) is 0 Å². The standard InChI is InChI=1S/C24H27N3OS/c1-19-10-12-21(13-11-19)22-16-25-24(27(22)17-20-8-4-2-5-9-20)29-18-23(28)26-14-6-3-7-15-26/h2,4-5,8-13,16H,3,6-7,14-15,17-18H2,1H3. The molecule has 0 radical (unpaired) electrons. The molecule has 2 heterocycles. The molecular weight excluding hydrogens is 378 g/mol. The Morgan fingerprint density at radius 1 is 1.00 bits per heavy atom. The second-order valence-corrected chi connectivity index (χ2v) is 8.54. The molecule has 2 aromatic carbocycles. The molecular formula is C24H27N3OS. The van der Waals surface area contributed by atoms with Crippen LogP contribution < -0.4 is 0 Å². The number of benzene rings is 2. The minimum Gasteiger partial charge on any atom is -0.342 e. The van der Waals surface area contributed by atoms with Crippen LogP contribution in [0.3, 0.4) is 0 Å². The SMILES string of the molecule is Cc1ccc(-c2cnc(SCC(=O)N3CCCCC3)n2Cc2ccccc2)cc1. The molecule has 1 amide bonds. The monoisotopic (exact) mass is 405 g/mol. The van der Waals surface area contributed by atoms with Gasteiger partial charge in [-0.3, -0.25) is 4.79 Å². The highest BCUT2D eigenvalue weighted by atomic mass is 32.2. The molecule has 29 heavy (non-hydrogen) atoms. The van der Waals surface area contributed by atoms with E-state index in [1.807, 2.05) is 17.2 Å². The highest BCUT2D eigenvalue weighted by Crippen LogP contribution is 2.28. The van der Waals surface area contributed by atoms with Crippen molar-refractivity contribution in [2.45, 2.75) is 37.9 Å². The van der Waals surface area contributed by atoms with Gasteiger partial charge < -0.3 is 9.47 Å². The number of thioether (sulfide) groups is 1. The van der Waals surface area contributed by atoms with Gasteiger partial charge in [0.2, 0.25) is 5.91 Å². The normalized spacial score (nSPS) is 14.2. The molecule has 0 atom stereocenters. The Labute approximate surface area is 177 Å². The zero-order valence-corrected chi connectivity index (χ0v) is 17.7. The number of amides is 1. The van der Waals surface area contributed by atoms with Crippen molar-refractivity contribution in [3.63, 3.8) is 0 Å². The van der Waals surface area contributed by atoms with Crippen LogP contribution >= 0.6 is 11.8 Å². The van der Waals surface area contributed by atoms with Crippen LogP contribution in [0.25, 0.3) is 11.3 Å². The number of likely N-dealkylation sites (tertiary alicyclic amines) is 1. The van der Waals surface area contributed by atoms with Crippen molar-refractivity contribution < 1.29 is 4.79 Å². The lowest BCUT2D eigenvalue weighted by Crippen LogP contribution is -2.36. The maximum absolute atomic E-state index is 12.6. The summed E-state index contributed by atoms with van der Waals surface area (Å²) in [5.41, 5.74) is 4.70. The number of aryl methyl sites for hydroxylation is 1. The molecule has 1 saturated heterocycles. The molecule has 1 fully saturated rings. The van der Waals surface area contributed by atoms with Crippen molar-refractivity contribution >= 4 is 17.7 Å². The van der Waals surface area contributed by atoms with Crippen LogP contribution in [0.5, 0.6) is 0 Å². The second kappa shape index (κ2) is 9.31. The number of carbonyl (C=O) groups is 1. The third-order valence-electron chi connectivity index (χ3n) is 5.38. The Kier molecular flexibility index (Phi) is 6.35. The van der Waals surface area contributed by atoms with Crippen LogP contribution in [0.1, 0.15) is 30.4 Å². The van der Waals surface area contributed by atoms with Gasteiger partial charge in [0.25, 0.3) is 0 Å². The first-order chi connectivity index (χ1) is 14.2. The van der Waals surface area contributed by atoms with Gasteiger partial charge in [0, 0.05) is 13.1 Å². The van der Waals surface area contributed by atoms with Gasteiger partial charge >= 0.3 is 0 Å². The summed E-state index contributed by atoms with van der Waals surface area (Å²) in [6.07, 6.45) is 5.41. The van der Waals surface area contributed by atoms with Gasteiger partial charge in [0.15, 0.2) is 5.16 Å². The quantitative estimate of drug-likeness (QED) is 0.541. The first kappa shape index (κ1) is 19.8. The van der Waals surface area contributed by atoms with Crippen molar-refractivity contribution in [2.24, 2.45) is 0 Å². The molecule has 0 unspecified atom stereocenters. The van der Waals surface area contributed by atoms with Gasteiger partial charge in [-0.25, -0.2) is 4.98 Å². The Balaban J connectivity index is 1.57. The molecule has 1 aliphatic heterocycles. The summed E-state index contributed by atoms with van der Waals surface area (Å²) < 4.78 is 2.23. The van der Waals surface area contributed by atoms with Crippen molar-refractivity contribution in [3.8, 4) is 11.3 Å². The summed E-state index contributed by atoms with van der Waals surface area (Å²) in [6.45, 7) is 4.63. The van der Waals surface area contributed by atoms with Crippen LogP contribution in [0.4, 0.5) is 0 Å². The van der Waals surface area contributed by atoms with Gasteiger partial charge in [-0.05, 0) is 37.3 Å². The zero-order valence-electron chi connectivity index (χ0n) is 16.9. The van der Waals surface area contributed by atoms with Crippen LogP contribution in [0.15, 0.2) is 66.0 Å². The van der Waals surface area contributed by atoms with Gasteiger partial charge in [0.1, 0.15) is 0 Å². The zero-order chi connectivity index (χ0) is 20.1. The summed E-state index contributed by atoms with van der Waals surface area (Å²) in [7, 11) is 0. The third-order valence-corrected chi connectivity index (χ3v) is 6.36. The summed E-state index contributed by atoms with van der Waals surface area (Å²) in [4.78, 5) is 19.3. The van der Waals surface area contributed by atoms with E-state index in [1.165, 1.54) is 17.5 Å². The largest absolute Gasteiger partial charge is 0.342 e. The minimum atomic E-state index is 0.223. The highest BCUT2D eigenvalue weighted by Gasteiger charge is 2.19. The fraction of sp³-hybridized carbons (Fsp3) is 0.333. The maximum atomic E-state index is 12.6. The van der Waals surface area contributed by atoms with Gasteiger partial charge in [-0.1, -0.05) is 71.9 Å². The molecule has 1 aliphatic rings. The summed E-state index contributed by atoms with van der Waals surface area (Å²) in [6, 6.07) is 18.9. The predicted molar refractivity (Wildman–Crippen MR) is 119 cm³/mol. The molecule has 150 valence electrons. The molecule has 3 aromatic rings.